The van der Waals surface area contributed by atoms with E-state index >= 15 is 0 Å². The molecule has 1 aliphatic heterocycles. The van der Waals surface area contributed by atoms with Crippen LogP contribution in [0.4, 0.5) is 5.69 Å². The van der Waals surface area contributed by atoms with Crippen molar-refractivity contribution < 1.29 is 29.3 Å². The van der Waals surface area contributed by atoms with Crippen molar-refractivity contribution in [3.63, 3.8) is 0 Å². The standard InChI is InChI=1S/C24H32N2O2.C4H4O4/c1-18-8-4-5-9-21(18)10-11-23(27)25-22-16-19(2)24(20(3)17-22)28-15-14-26-12-6-7-13-26;5-3(6)1-2-4(7)8/h4-5,8-9,16-17H,6-7,10-15H2,1-3H3,(H,25,27);1-2H,(H,5,6)(H,7,8)/b;2-1+. The van der Waals surface area contributed by atoms with Gasteiger partial charge in [-0.2, -0.15) is 0 Å². The van der Waals surface area contributed by atoms with E-state index < -0.39 is 11.9 Å². The number of carbonyl (C=O) groups excluding carboxylic acids is 1. The normalized spacial score (nSPS) is 13.2. The minimum atomic E-state index is -1.26. The van der Waals surface area contributed by atoms with E-state index in [1.807, 2.05) is 38.1 Å². The highest BCUT2D eigenvalue weighted by Gasteiger charge is 2.13. The Balaban J connectivity index is 0.000000493. The van der Waals surface area contributed by atoms with E-state index in [4.69, 9.17) is 14.9 Å². The van der Waals surface area contributed by atoms with Crippen LogP contribution in [0.1, 0.15) is 41.5 Å². The minimum absolute atomic E-state index is 0.0461. The molecule has 0 radical (unpaired) electrons. The van der Waals surface area contributed by atoms with Crippen LogP contribution in [0.3, 0.4) is 0 Å². The monoisotopic (exact) mass is 496 g/mol. The first kappa shape index (κ1) is 28.6. The molecule has 8 nitrogen and oxygen atoms in total. The molecule has 0 saturated carbocycles. The predicted octanol–water partition coefficient (Wildman–Crippen LogP) is 4.37. The van der Waals surface area contributed by atoms with Gasteiger partial charge >= 0.3 is 11.9 Å². The second kappa shape index (κ2) is 14.7. The van der Waals surface area contributed by atoms with Gasteiger partial charge in [0.2, 0.25) is 5.91 Å². The first-order valence-electron chi connectivity index (χ1n) is 12.1. The lowest BCUT2D eigenvalue weighted by atomic mass is 10.0. The molecule has 1 amide bonds. The summed E-state index contributed by atoms with van der Waals surface area (Å²) >= 11 is 0. The lowest BCUT2D eigenvalue weighted by Crippen LogP contribution is -2.25. The van der Waals surface area contributed by atoms with Crippen molar-refractivity contribution in [2.75, 3.05) is 31.6 Å². The Morgan fingerprint density at radius 3 is 2.08 bits per heavy atom. The highest BCUT2D eigenvalue weighted by molar-refractivity contribution is 5.91. The summed E-state index contributed by atoms with van der Waals surface area (Å²) in [5.74, 6) is -1.53. The second-order valence-electron chi connectivity index (χ2n) is 8.82. The fraction of sp³-hybridized carbons (Fsp3) is 0.393. The molecule has 0 atom stereocenters. The second-order valence-corrected chi connectivity index (χ2v) is 8.82. The van der Waals surface area contributed by atoms with E-state index in [-0.39, 0.29) is 5.91 Å². The molecule has 2 aromatic rings. The number of nitrogens with zero attached hydrogens (tertiary/aromatic N) is 1. The quantitative estimate of drug-likeness (QED) is 0.418. The van der Waals surface area contributed by atoms with Gasteiger partial charge in [-0.3, -0.25) is 9.69 Å². The highest BCUT2D eigenvalue weighted by Crippen LogP contribution is 2.27. The third-order valence-electron chi connectivity index (χ3n) is 5.85. The van der Waals surface area contributed by atoms with Crippen molar-refractivity contribution in [2.24, 2.45) is 0 Å². The van der Waals surface area contributed by atoms with Gasteiger partial charge in [0.25, 0.3) is 0 Å². The van der Waals surface area contributed by atoms with Crippen molar-refractivity contribution in [3.05, 3.63) is 70.8 Å². The number of carbonyl (C=O) groups is 3. The lowest BCUT2D eigenvalue weighted by molar-refractivity contribution is -0.134. The largest absolute Gasteiger partial charge is 0.492 e. The number of carboxylic acid groups (broad SMARTS) is 2. The van der Waals surface area contributed by atoms with Crippen LogP contribution < -0.4 is 10.1 Å². The molecule has 0 unspecified atom stereocenters. The smallest absolute Gasteiger partial charge is 0.328 e. The topological polar surface area (TPSA) is 116 Å². The molecule has 1 aliphatic rings. The number of nitrogens with one attached hydrogen (secondary N) is 1. The van der Waals surface area contributed by atoms with Crippen LogP contribution in [0.2, 0.25) is 0 Å². The number of aryl methyl sites for hydroxylation is 4. The van der Waals surface area contributed by atoms with Crippen molar-refractivity contribution in [1.82, 2.24) is 4.90 Å². The average Bonchev–Trinajstić information content (AvgIpc) is 3.33. The first-order valence-corrected chi connectivity index (χ1v) is 12.1. The summed E-state index contributed by atoms with van der Waals surface area (Å²) in [7, 11) is 0. The lowest BCUT2D eigenvalue weighted by Gasteiger charge is -2.18. The first-order chi connectivity index (χ1) is 17.2. The molecule has 1 fully saturated rings. The fourth-order valence-corrected chi connectivity index (χ4v) is 4.04. The van der Waals surface area contributed by atoms with Gasteiger partial charge in [-0.15, -0.1) is 0 Å². The van der Waals surface area contributed by atoms with Gasteiger partial charge < -0.3 is 20.3 Å². The maximum absolute atomic E-state index is 12.4. The molecule has 0 bridgehead atoms. The molecule has 0 aromatic heterocycles. The van der Waals surface area contributed by atoms with Crippen LogP contribution in [-0.4, -0.2) is 59.2 Å². The molecule has 36 heavy (non-hydrogen) atoms. The molecule has 8 heteroatoms. The zero-order valence-electron chi connectivity index (χ0n) is 21.3. The van der Waals surface area contributed by atoms with Crippen molar-refractivity contribution in [3.8, 4) is 5.75 Å². The van der Waals surface area contributed by atoms with E-state index in [0.29, 0.717) is 25.2 Å². The zero-order valence-corrected chi connectivity index (χ0v) is 21.3. The summed E-state index contributed by atoms with van der Waals surface area (Å²) < 4.78 is 6.05. The van der Waals surface area contributed by atoms with Crippen LogP contribution in [0.5, 0.6) is 5.75 Å². The van der Waals surface area contributed by atoms with Gasteiger partial charge in [-0.25, -0.2) is 9.59 Å². The molecule has 3 N–H and O–H groups in total. The van der Waals surface area contributed by atoms with E-state index in [2.05, 4.69) is 29.3 Å². The molecule has 2 aromatic carbocycles. The minimum Gasteiger partial charge on any atom is -0.492 e. The molecule has 1 heterocycles. The Labute approximate surface area is 212 Å². The number of aliphatic carboxylic acids is 2. The SMILES string of the molecule is Cc1ccccc1CCC(=O)Nc1cc(C)c(OCCN2CCCC2)c(C)c1.O=C(O)/C=C/C(=O)O. The number of benzene rings is 2. The van der Waals surface area contributed by atoms with Crippen molar-refractivity contribution in [2.45, 2.75) is 46.5 Å². The summed E-state index contributed by atoms with van der Waals surface area (Å²) in [4.78, 5) is 33.9. The number of rotatable bonds is 10. The number of amides is 1. The van der Waals surface area contributed by atoms with E-state index in [1.165, 1.54) is 37.1 Å². The van der Waals surface area contributed by atoms with Crippen molar-refractivity contribution >= 4 is 23.5 Å². The van der Waals surface area contributed by atoms with Gasteiger partial charge in [-0.05, 0) is 87.5 Å². The molecule has 0 spiro atoms. The number of anilines is 1. The maximum Gasteiger partial charge on any atom is 0.328 e. The van der Waals surface area contributed by atoms with E-state index in [1.54, 1.807) is 0 Å². The Bertz CT molecular complexity index is 1030. The zero-order chi connectivity index (χ0) is 26.5. The van der Waals surface area contributed by atoms with Crippen LogP contribution in [-0.2, 0) is 20.8 Å². The van der Waals surface area contributed by atoms with Gasteiger partial charge in [0.15, 0.2) is 0 Å². The van der Waals surface area contributed by atoms with Crippen LogP contribution in [0, 0.1) is 20.8 Å². The number of likely N-dealkylation sites (tertiary alicyclic amines) is 1. The van der Waals surface area contributed by atoms with Gasteiger partial charge in [0.05, 0.1) is 0 Å². The molecular formula is C28H36N2O6. The van der Waals surface area contributed by atoms with Crippen LogP contribution >= 0.6 is 0 Å². The highest BCUT2D eigenvalue weighted by atomic mass is 16.5. The summed E-state index contributed by atoms with van der Waals surface area (Å²) in [6.07, 6.45) is 4.96. The molecule has 1 saturated heterocycles. The summed E-state index contributed by atoms with van der Waals surface area (Å²) in [5, 5.41) is 18.7. The third kappa shape index (κ3) is 10.3. The van der Waals surface area contributed by atoms with Crippen LogP contribution in [0.25, 0.3) is 0 Å². The van der Waals surface area contributed by atoms with Gasteiger partial charge in [-0.1, -0.05) is 24.3 Å². The average molecular weight is 497 g/mol. The number of ether oxygens (including phenoxy) is 1. The van der Waals surface area contributed by atoms with E-state index in [0.717, 1.165) is 35.5 Å². The number of hydrogen-bond acceptors (Lipinski definition) is 5. The Hall–Kier alpha value is -3.65. The predicted molar refractivity (Wildman–Crippen MR) is 140 cm³/mol. The molecule has 0 aliphatic carbocycles. The maximum atomic E-state index is 12.4. The third-order valence-corrected chi connectivity index (χ3v) is 5.85. The summed E-state index contributed by atoms with van der Waals surface area (Å²) in [6, 6.07) is 12.2. The summed E-state index contributed by atoms with van der Waals surface area (Å²) in [5.41, 5.74) is 5.44. The van der Waals surface area contributed by atoms with Crippen molar-refractivity contribution in [1.29, 1.82) is 0 Å². The Morgan fingerprint density at radius 1 is 0.944 bits per heavy atom. The molecular weight excluding hydrogens is 460 g/mol. The molecule has 3 rings (SSSR count). The Morgan fingerprint density at radius 2 is 1.53 bits per heavy atom. The van der Waals surface area contributed by atoms with Gasteiger partial charge in [0.1, 0.15) is 12.4 Å². The van der Waals surface area contributed by atoms with E-state index in [9.17, 15) is 14.4 Å². The number of carboxylic acids is 2. The van der Waals surface area contributed by atoms with Crippen LogP contribution in [0.15, 0.2) is 48.6 Å². The Kier molecular flexibility index (Phi) is 11.7. The summed E-state index contributed by atoms with van der Waals surface area (Å²) in [6.45, 7) is 10.2. The molecule has 194 valence electrons. The number of hydrogen-bond donors (Lipinski definition) is 3. The van der Waals surface area contributed by atoms with Gasteiger partial charge in [0, 0.05) is 30.8 Å². The fourth-order valence-electron chi connectivity index (χ4n) is 4.04.